The summed E-state index contributed by atoms with van der Waals surface area (Å²) in [6.07, 6.45) is 8.57. The highest BCUT2D eigenvalue weighted by molar-refractivity contribution is 5.85. The van der Waals surface area contributed by atoms with E-state index < -0.39 is 0 Å². The standard InChI is InChI=1S/C16H28N2O.ClH/c1-2-18(10-11-6-7-11)16(19)14-8-12-4-3-5-13(9-14)15(12)17;/h11-15H,2-10,17H2,1H3;1H. The van der Waals surface area contributed by atoms with Crippen LogP contribution in [0.5, 0.6) is 0 Å². The lowest BCUT2D eigenvalue weighted by Gasteiger charge is -2.44. The quantitative estimate of drug-likeness (QED) is 0.868. The summed E-state index contributed by atoms with van der Waals surface area (Å²) in [6.45, 7) is 4.01. The van der Waals surface area contributed by atoms with Crippen LogP contribution in [0.4, 0.5) is 0 Å². The van der Waals surface area contributed by atoms with Crippen LogP contribution >= 0.6 is 12.4 Å². The molecule has 20 heavy (non-hydrogen) atoms. The lowest BCUT2D eigenvalue weighted by molar-refractivity contribution is -0.138. The van der Waals surface area contributed by atoms with Crippen molar-refractivity contribution in [3.63, 3.8) is 0 Å². The van der Waals surface area contributed by atoms with Gasteiger partial charge in [-0.1, -0.05) is 6.42 Å². The summed E-state index contributed by atoms with van der Waals surface area (Å²) in [5.41, 5.74) is 6.32. The van der Waals surface area contributed by atoms with Crippen LogP contribution in [0.1, 0.15) is 51.9 Å². The third-order valence-corrected chi connectivity index (χ3v) is 5.63. The van der Waals surface area contributed by atoms with Crippen molar-refractivity contribution in [3.8, 4) is 0 Å². The first kappa shape index (κ1) is 16.1. The van der Waals surface area contributed by atoms with E-state index >= 15 is 0 Å². The number of hydrogen-bond acceptors (Lipinski definition) is 2. The lowest BCUT2D eigenvalue weighted by atomic mass is 9.65. The molecule has 116 valence electrons. The number of amides is 1. The van der Waals surface area contributed by atoms with Crippen LogP contribution in [0.2, 0.25) is 0 Å². The molecule has 2 atom stereocenters. The van der Waals surface area contributed by atoms with Crippen LogP contribution in [0.3, 0.4) is 0 Å². The van der Waals surface area contributed by atoms with E-state index in [4.69, 9.17) is 5.73 Å². The normalized spacial score (nSPS) is 36.1. The Kier molecular flexibility index (Phi) is 5.36. The third kappa shape index (κ3) is 3.30. The summed E-state index contributed by atoms with van der Waals surface area (Å²) in [5, 5.41) is 0. The van der Waals surface area contributed by atoms with Gasteiger partial charge in [0, 0.05) is 25.0 Å². The summed E-state index contributed by atoms with van der Waals surface area (Å²) in [6, 6.07) is 0.372. The minimum absolute atomic E-state index is 0. The molecule has 0 aromatic carbocycles. The average Bonchev–Trinajstić information content (AvgIpc) is 3.18. The Morgan fingerprint density at radius 3 is 2.25 bits per heavy atom. The van der Waals surface area contributed by atoms with Crippen molar-refractivity contribution in [2.24, 2.45) is 29.4 Å². The van der Waals surface area contributed by atoms with Crippen molar-refractivity contribution < 1.29 is 4.79 Å². The molecule has 0 aliphatic heterocycles. The Morgan fingerprint density at radius 2 is 1.75 bits per heavy atom. The van der Waals surface area contributed by atoms with E-state index in [-0.39, 0.29) is 18.3 Å². The molecule has 3 aliphatic carbocycles. The highest BCUT2D eigenvalue weighted by atomic mass is 35.5. The van der Waals surface area contributed by atoms with Gasteiger partial charge >= 0.3 is 0 Å². The van der Waals surface area contributed by atoms with Gasteiger partial charge in [0.05, 0.1) is 0 Å². The monoisotopic (exact) mass is 300 g/mol. The topological polar surface area (TPSA) is 46.3 Å². The second-order valence-corrected chi connectivity index (χ2v) is 7.02. The van der Waals surface area contributed by atoms with E-state index in [1.54, 1.807) is 0 Å². The average molecular weight is 301 g/mol. The predicted octanol–water partition coefficient (Wildman–Crippen LogP) is 2.82. The van der Waals surface area contributed by atoms with Gasteiger partial charge in [-0.2, -0.15) is 0 Å². The van der Waals surface area contributed by atoms with E-state index in [0.29, 0.717) is 23.8 Å². The second-order valence-electron chi connectivity index (χ2n) is 7.02. The van der Waals surface area contributed by atoms with E-state index in [1.807, 2.05) is 0 Å². The van der Waals surface area contributed by atoms with Crippen LogP contribution in [0, 0.1) is 23.7 Å². The molecule has 3 fully saturated rings. The molecule has 3 saturated carbocycles. The van der Waals surface area contributed by atoms with E-state index in [2.05, 4.69) is 11.8 Å². The Balaban J connectivity index is 0.00000147. The maximum Gasteiger partial charge on any atom is 0.225 e. The van der Waals surface area contributed by atoms with Crippen LogP contribution in [-0.2, 0) is 4.79 Å². The van der Waals surface area contributed by atoms with E-state index in [0.717, 1.165) is 31.8 Å². The van der Waals surface area contributed by atoms with Crippen molar-refractivity contribution in [1.29, 1.82) is 0 Å². The predicted molar refractivity (Wildman–Crippen MR) is 83.8 cm³/mol. The first-order valence-electron chi connectivity index (χ1n) is 8.23. The first-order chi connectivity index (χ1) is 9.19. The van der Waals surface area contributed by atoms with E-state index in [1.165, 1.54) is 32.1 Å². The van der Waals surface area contributed by atoms with Gasteiger partial charge in [0.2, 0.25) is 5.91 Å². The fourth-order valence-electron chi connectivity index (χ4n) is 4.24. The van der Waals surface area contributed by atoms with Gasteiger partial charge in [-0.05, 0) is 63.2 Å². The Bertz CT molecular complexity index is 331. The molecule has 2 unspecified atom stereocenters. The fourth-order valence-corrected chi connectivity index (χ4v) is 4.24. The summed E-state index contributed by atoms with van der Waals surface area (Å²) in [5.74, 6) is 2.73. The summed E-state index contributed by atoms with van der Waals surface area (Å²) >= 11 is 0. The van der Waals surface area contributed by atoms with Gasteiger partial charge in [0.1, 0.15) is 0 Å². The molecule has 0 heterocycles. The second kappa shape index (κ2) is 6.65. The number of fused-ring (bicyclic) bond motifs is 2. The zero-order chi connectivity index (χ0) is 13.4. The number of hydrogen-bond donors (Lipinski definition) is 1. The molecule has 0 aromatic rings. The van der Waals surface area contributed by atoms with Crippen molar-refractivity contribution in [1.82, 2.24) is 4.90 Å². The molecule has 3 nitrogen and oxygen atoms in total. The number of halogens is 1. The number of carbonyl (C=O) groups excluding carboxylic acids is 1. The minimum Gasteiger partial charge on any atom is -0.342 e. The molecule has 0 saturated heterocycles. The molecule has 0 spiro atoms. The number of nitrogens with zero attached hydrogens (tertiary/aromatic N) is 1. The van der Waals surface area contributed by atoms with Crippen LogP contribution in [0.25, 0.3) is 0 Å². The molecule has 3 aliphatic rings. The van der Waals surface area contributed by atoms with Gasteiger partial charge in [-0.15, -0.1) is 12.4 Å². The summed E-state index contributed by atoms with van der Waals surface area (Å²) < 4.78 is 0. The summed E-state index contributed by atoms with van der Waals surface area (Å²) in [4.78, 5) is 14.8. The highest BCUT2D eigenvalue weighted by Crippen LogP contribution is 2.42. The first-order valence-corrected chi connectivity index (χ1v) is 8.23. The van der Waals surface area contributed by atoms with Crippen molar-refractivity contribution >= 4 is 18.3 Å². The van der Waals surface area contributed by atoms with Crippen molar-refractivity contribution in [2.75, 3.05) is 13.1 Å². The molecule has 2 bridgehead atoms. The smallest absolute Gasteiger partial charge is 0.225 e. The maximum atomic E-state index is 12.7. The van der Waals surface area contributed by atoms with Gasteiger partial charge in [0.15, 0.2) is 0 Å². The molecule has 4 heteroatoms. The lowest BCUT2D eigenvalue weighted by Crippen LogP contribution is -2.50. The highest BCUT2D eigenvalue weighted by Gasteiger charge is 2.41. The van der Waals surface area contributed by atoms with Crippen LogP contribution < -0.4 is 5.73 Å². The zero-order valence-corrected chi connectivity index (χ0v) is 13.4. The number of carbonyl (C=O) groups is 1. The minimum atomic E-state index is 0. The molecule has 2 N–H and O–H groups in total. The Hall–Kier alpha value is -0.280. The van der Waals surface area contributed by atoms with Gasteiger partial charge in [-0.3, -0.25) is 4.79 Å². The molecule has 0 radical (unpaired) electrons. The zero-order valence-electron chi connectivity index (χ0n) is 12.6. The van der Waals surface area contributed by atoms with Gasteiger partial charge in [0.25, 0.3) is 0 Å². The van der Waals surface area contributed by atoms with Crippen LogP contribution in [0.15, 0.2) is 0 Å². The van der Waals surface area contributed by atoms with Crippen molar-refractivity contribution in [3.05, 3.63) is 0 Å². The third-order valence-electron chi connectivity index (χ3n) is 5.63. The molecule has 1 amide bonds. The molecular weight excluding hydrogens is 272 g/mol. The van der Waals surface area contributed by atoms with Gasteiger partial charge < -0.3 is 10.6 Å². The van der Waals surface area contributed by atoms with Crippen LogP contribution in [-0.4, -0.2) is 29.9 Å². The van der Waals surface area contributed by atoms with Crippen molar-refractivity contribution in [2.45, 2.75) is 57.9 Å². The maximum absolute atomic E-state index is 12.7. The Morgan fingerprint density at radius 1 is 1.15 bits per heavy atom. The van der Waals surface area contributed by atoms with Gasteiger partial charge in [-0.25, -0.2) is 0 Å². The SMILES string of the molecule is CCN(CC1CC1)C(=O)C1CC2CCCC(C1)C2N.Cl. The fraction of sp³-hybridized carbons (Fsp3) is 0.938. The molecular formula is C16H29ClN2O. The molecule has 3 rings (SSSR count). The summed E-state index contributed by atoms with van der Waals surface area (Å²) in [7, 11) is 0. The number of rotatable bonds is 4. The number of nitrogens with two attached hydrogens (primary N) is 1. The van der Waals surface area contributed by atoms with E-state index in [9.17, 15) is 4.79 Å². The molecule has 0 aromatic heterocycles. The largest absolute Gasteiger partial charge is 0.342 e. The Labute approximate surface area is 129 Å².